The fourth-order valence-electron chi connectivity index (χ4n) is 5.08. The lowest BCUT2D eigenvalue weighted by molar-refractivity contribution is 0.276. The minimum Gasteiger partial charge on any atom is -0.493 e. The van der Waals surface area contributed by atoms with Gasteiger partial charge in [-0.3, -0.25) is 0 Å². The maximum atomic E-state index is 15.4. The molecular weight excluding hydrogens is 517 g/mol. The Morgan fingerprint density at radius 2 is 1.90 bits per heavy atom. The quantitative estimate of drug-likeness (QED) is 0.205. The van der Waals surface area contributed by atoms with Crippen LogP contribution < -0.4 is 14.8 Å². The van der Waals surface area contributed by atoms with Gasteiger partial charge in [-0.15, -0.1) is 0 Å². The molecule has 0 fully saturated rings. The summed E-state index contributed by atoms with van der Waals surface area (Å²) in [6, 6.07) is 13.6. The number of halogens is 3. The monoisotopic (exact) mass is 546 g/mol. The smallest absolute Gasteiger partial charge is 0.203 e. The lowest BCUT2D eigenvalue weighted by Gasteiger charge is -2.24. The molecule has 206 valence electrons. The number of aromatic amines is 2. The first-order valence-corrected chi connectivity index (χ1v) is 13.2. The Morgan fingerprint density at radius 1 is 1.07 bits per heavy atom. The summed E-state index contributed by atoms with van der Waals surface area (Å²) in [4.78, 5) is 10.5. The lowest BCUT2D eigenvalue weighted by Crippen LogP contribution is -2.35. The van der Waals surface area contributed by atoms with Crippen molar-refractivity contribution in [2.45, 2.75) is 45.2 Å². The van der Waals surface area contributed by atoms with Crippen LogP contribution in [-0.4, -0.2) is 27.1 Å². The SMILES string of the molecule is CC(C)(C)NCc1c(Oc2ccc(F)c(-c3ncc(C4CCOc5ccccc54)[nH]3)c2)c(F)c(F)c2[nH]ccc12. The van der Waals surface area contributed by atoms with Crippen LogP contribution in [0.2, 0.25) is 0 Å². The zero-order chi connectivity index (χ0) is 28.0. The van der Waals surface area contributed by atoms with Crippen molar-refractivity contribution in [3.8, 4) is 28.6 Å². The summed E-state index contributed by atoms with van der Waals surface area (Å²) < 4.78 is 57.1. The van der Waals surface area contributed by atoms with Crippen molar-refractivity contribution in [3.63, 3.8) is 0 Å². The molecule has 9 heteroatoms. The predicted octanol–water partition coefficient (Wildman–Crippen LogP) is 7.57. The summed E-state index contributed by atoms with van der Waals surface area (Å²) in [7, 11) is 0. The van der Waals surface area contributed by atoms with Crippen molar-refractivity contribution >= 4 is 10.9 Å². The van der Waals surface area contributed by atoms with Gasteiger partial charge in [0.1, 0.15) is 23.1 Å². The van der Waals surface area contributed by atoms with Crippen molar-refractivity contribution in [1.29, 1.82) is 0 Å². The van der Waals surface area contributed by atoms with Crippen molar-refractivity contribution in [3.05, 3.63) is 95.2 Å². The molecule has 1 aliphatic rings. The number of hydrogen-bond donors (Lipinski definition) is 3. The first kappa shape index (κ1) is 26.0. The van der Waals surface area contributed by atoms with Gasteiger partial charge in [0.25, 0.3) is 0 Å². The molecule has 6 rings (SSSR count). The van der Waals surface area contributed by atoms with E-state index < -0.39 is 17.5 Å². The molecule has 0 aliphatic carbocycles. The maximum absolute atomic E-state index is 15.4. The molecule has 1 atom stereocenters. The van der Waals surface area contributed by atoms with Crippen LogP contribution >= 0.6 is 0 Å². The van der Waals surface area contributed by atoms with E-state index in [9.17, 15) is 4.39 Å². The second-order valence-electron chi connectivity index (χ2n) is 11.0. The van der Waals surface area contributed by atoms with Gasteiger partial charge in [0, 0.05) is 52.6 Å². The van der Waals surface area contributed by atoms with Crippen molar-refractivity contribution in [1.82, 2.24) is 20.3 Å². The third-order valence-corrected chi connectivity index (χ3v) is 7.10. The second-order valence-corrected chi connectivity index (χ2v) is 11.0. The summed E-state index contributed by atoms with van der Waals surface area (Å²) in [6.07, 6.45) is 4.00. The largest absolute Gasteiger partial charge is 0.493 e. The number of H-pyrrole nitrogens is 2. The fraction of sp³-hybridized carbons (Fsp3) is 0.258. The summed E-state index contributed by atoms with van der Waals surface area (Å²) in [5, 5.41) is 3.81. The topological polar surface area (TPSA) is 75.0 Å². The second kappa shape index (κ2) is 10.1. The van der Waals surface area contributed by atoms with Gasteiger partial charge >= 0.3 is 0 Å². The molecule has 6 nitrogen and oxygen atoms in total. The van der Waals surface area contributed by atoms with Crippen LogP contribution in [0.4, 0.5) is 13.2 Å². The predicted molar refractivity (Wildman–Crippen MR) is 147 cm³/mol. The third-order valence-electron chi connectivity index (χ3n) is 7.10. The molecule has 1 unspecified atom stereocenters. The molecule has 0 amide bonds. The minimum atomic E-state index is -1.12. The van der Waals surface area contributed by atoms with Crippen molar-refractivity contribution < 1.29 is 22.6 Å². The van der Waals surface area contributed by atoms with E-state index in [0.29, 0.717) is 23.4 Å². The zero-order valence-electron chi connectivity index (χ0n) is 22.4. The van der Waals surface area contributed by atoms with E-state index in [1.807, 2.05) is 45.0 Å². The Morgan fingerprint density at radius 3 is 2.73 bits per heavy atom. The Kier molecular flexibility index (Phi) is 6.54. The van der Waals surface area contributed by atoms with E-state index in [1.165, 1.54) is 18.2 Å². The standard InChI is InChI=1S/C31H29F3N4O2/c1-31(2,3)37-15-22-20-10-12-35-28(20)26(33)27(34)29(22)40-17-8-9-23(32)21(14-17)30-36-16-24(38-30)18-11-13-39-25-7-5-4-6-19(18)25/h4-10,12,14,16,18,35,37H,11,13,15H2,1-3H3,(H,36,38). The molecule has 1 aliphatic heterocycles. The van der Waals surface area contributed by atoms with E-state index in [4.69, 9.17) is 9.47 Å². The summed E-state index contributed by atoms with van der Waals surface area (Å²) in [5.74, 6) is -1.63. The molecule has 3 heterocycles. The number of ether oxygens (including phenoxy) is 2. The van der Waals surface area contributed by atoms with Crippen molar-refractivity contribution in [2.75, 3.05) is 6.61 Å². The molecule has 3 N–H and O–H groups in total. The average molecular weight is 547 g/mol. The first-order chi connectivity index (χ1) is 19.2. The van der Waals surface area contributed by atoms with Crippen LogP contribution in [0.15, 0.2) is 60.9 Å². The fourth-order valence-corrected chi connectivity index (χ4v) is 5.08. The van der Waals surface area contributed by atoms with Crippen LogP contribution in [0.5, 0.6) is 17.2 Å². The number of fused-ring (bicyclic) bond motifs is 2. The number of hydrogen-bond acceptors (Lipinski definition) is 4. The van der Waals surface area contributed by atoms with Crippen LogP contribution in [0.3, 0.4) is 0 Å². The van der Waals surface area contributed by atoms with Crippen LogP contribution in [0, 0.1) is 17.5 Å². The van der Waals surface area contributed by atoms with Crippen LogP contribution in [-0.2, 0) is 6.54 Å². The zero-order valence-corrected chi connectivity index (χ0v) is 22.4. The first-order valence-electron chi connectivity index (χ1n) is 13.2. The van der Waals surface area contributed by atoms with Gasteiger partial charge in [-0.25, -0.2) is 13.8 Å². The van der Waals surface area contributed by atoms with Crippen LogP contribution in [0.25, 0.3) is 22.3 Å². The Balaban J connectivity index is 1.35. The van der Waals surface area contributed by atoms with E-state index in [0.717, 1.165) is 23.4 Å². The number of aromatic nitrogens is 3. The minimum absolute atomic E-state index is 0.0247. The summed E-state index contributed by atoms with van der Waals surface area (Å²) >= 11 is 0. The molecule has 3 aromatic carbocycles. The van der Waals surface area contributed by atoms with Crippen molar-refractivity contribution in [2.24, 2.45) is 0 Å². The van der Waals surface area contributed by atoms with E-state index >= 15 is 8.78 Å². The highest BCUT2D eigenvalue weighted by atomic mass is 19.2. The molecule has 40 heavy (non-hydrogen) atoms. The molecule has 2 aromatic heterocycles. The highest BCUT2D eigenvalue weighted by Crippen LogP contribution is 2.40. The average Bonchev–Trinajstić information content (AvgIpc) is 3.62. The number of rotatable bonds is 6. The van der Waals surface area contributed by atoms with Gasteiger partial charge in [-0.05, 0) is 57.5 Å². The third kappa shape index (κ3) is 4.81. The van der Waals surface area contributed by atoms with E-state index in [2.05, 4.69) is 20.3 Å². The van der Waals surface area contributed by atoms with Gasteiger partial charge in [0.2, 0.25) is 5.82 Å². The van der Waals surface area contributed by atoms with E-state index in [-0.39, 0.29) is 40.6 Å². The Hall–Kier alpha value is -4.24. The highest BCUT2D eigenvalue weighted by Gasteiger charge is 2.26. The molecule has 0 radical (unpaired) electrons. The Labute approximate surface area is 229 Å². The number of para-hydroxylation sites is 1. The summed E-state index contributed by atoms with van der Waals surface area (Å²) in [5.41, 5.74) is 2.26. The molecule has 0 saturated carbocycles. The van der Waals surface area contributed by atoms with E-state index in [1.54, 1.807) is 18.5 Å². The van der Waals surface area contributed by atoms with Gasteiger partial charge in [-0.2, -0.15) is 4.39 Å². The molecule has 0 saturated heterocycles. The number of imidazole rings is 1. The molecule has 0 bridgehead atoms. The number of benzene rings is 3. The maximum Gasteiger partial charge on any atom is 0.203 e. The number of nitrogens with zero attached hydrogens (tertiary/aromatic N) is 1. The molecule has 0 spiro atoms. The lowest BCUT2D eigenvalue weighted by atomic mass is 9.91. The molecular formula is C31H29F3N4O2. The van der Waals surface area contributed by atoms with Gasteiger partial charge in [0.15, 0.2) is 11.6 Å². The normalized spacial score (nSPS) is 15.2. The van der Waals surface area contributed by atoms with Gasteiger partial charge in [-0.1, -0.05) is 18.2 Å². The number of nitrogens with one attached hydrogen (secondary N) is 3. The summed E-state index contributed by atoms with van der Waals surface area (Å²) in [6.45, 7) is 6.72. The molecule has 5 aromatic rings. The Bertz CT molecular complexity index is 1700. The highest BCUT2D eigenvalue weighted by molar-refractivity contribution is 5.86. The van der Waals surface area contributed by atoms with Gasteiger partial charge in [0.05, 0.1) is 17.7 Å². The van der Waals surface area contributed by atoms with Crippen LogP contribution in [0.1, 0.15) is 49.9 Å². The van der Waals surface area contributed by atoms with Gasteiger partial charge < -0.3 is 24.8 Å².